The van der Waals surface area contributed by atoms with Gasteiger partial charge < -0.3 is 10.6 Å². The van der Waals surface area contributed by atoms with Gasteiger partial charge in [0.05, 0.1) is 5.56 Å². The Kier molecular flexibility index (Phi) is 5.44. The number of alkyl halides is 3. The van der Waals surface area contributed by atoms with Crippen LogP contribution in [0.4, 0.5) is 24.8 Å². The van der Waals surface area contributed by atoms with Crippen molar-refractivity contribution in [1.82, 2.24) is 4.98 Å². The molecule has 0 saturated heterocycles. The Morgan fingerprint density at radius 2 is 1.74 bits per heavy atom. The van der Waals surface area contributed by atoms with Crippen LogP contribution in [0.1, 0.15) is 32.8 Å². The lowest BCUT2D eigenvalue weighted by Gasteiger charge is -2.14. The van der Waals surface area contributed by atoms with Gasteiger partial charge >= 0.3 is 6.18 Å². The molecule has 108 valence electrons. The molecule has 0 aromatic carbocycles. The van der Waals surface area contributed by atoms with Crippen molar-refractivity contribution < 1.29 is 13.2 Å². The van der Waals surface area contributed by atoms with Crippen LogP contribution in [0.25, 0.3) is 0 Å². The van der Waals surface area contributed by atoms with Crippen molar-refractivity contribution >= 4 is 11.6 Å². The number of anilines is 2. The fraction of sp³-hybridized carbons (Fsp3) is 0.615. The van der Waals surface area contributed by atoms with Crippen LogP contribution in [0.15, 0.2) is 12.1 Å². The minimum Gasteiger partial charge on any atom is -0.370 e. The first kappa shape index (κ1) is 15.6. The maximum absolute atomic E-state index is 12.8. The van der Waals surface area contributed by atoms with Gasteiger partial charge in [-0.2, -0.15) is 13.2 Å². The summed E-state index contributed by atoms with van der Waals surface area (Å²) in [5.41, 5.74) is -0.688. The molecular weight excluding hydrogens is 255 g/mol. The Labute approximate surface area is 111 Å². The predicted octanol–water partition coefficient (Wildman–Crippen LogP) is 3.99. The molecular formula is C13H20F3N3. The average molecular weight is 275 g/mol. The second-order valence-corrected chi connectivity index (χ2v) is 4.83. The fourth-order valence-corrected chi connectivity index (χ4v) is 1.44. The van der Waals surface area contributed by atoms with Gasteiger partial charge in [-0.1, -0.05) is 20.8 Å². The molecule has 19 heavy (non-hydrogen) atoms. The molecule has 0 radical (unpaired) electrons. The van der Waals surface area contributed by atoms with Gasteiger partial charge in [0.1, 0.15) is 11.6 Å². The van der Waals surface area contributed by atoms with Crippen molar-refractivity contribution in [3.63, 3.8) is 0 Å². The molecule has 0 bridgehead atoms. The third-order valence-electron chi connectivity index (χ3n) is 2.40. The second kappa shape index (κ2) is 6.63. The molecule has 0 amide bonds. The van der Waals surface area contributed by atoms with Gasteiger partial charge in [-0.25, -0.2) is 4.98 Å². The van der Waals surface area contributed by atoms with Crippen molar-refractivity contribution in [2.75, 3.05) is 23.7 Å². The molecule has 3 nitrogen and oxygen atoms in total. The largest absolute Gasteiger partial charge is 0.416 e. The lowest BCUT2D eigenvalue weighted by atomic mass is 10.2. The summed E-state index contributed by atoms with van der Waals surface area (Å²) in [6.45, 7) is 7.09. The maximum atomic E-state index is 12.8. The smallest absolute Gasteiger partial charge is 0.370 e. The van der Waals surface area contributed by atoms with E-state index in [4.69, 9.17) is 0 Å². The van der Waals surface area contributed by atoms with Gasteiger partial charge in [0.2, 0.25) is 0 Å². The number of pyridine rings is 1. The molecule has 0 aliphatic carbocycles. The minimum atomic E-state index is -4.36. The first-order valence-electron chi connectivity index (χ1n) is 6.40. The lowest BCUT2D eigenvalue weighted by molar-refractivity contribution is -0.137. The van der Waals surface area contributed by atoms with Crippen molar-refractivity contribution in [2.45, 2.75) is 33.4 Å². The molecule has 0 aliphatic heterocycles. The first-order valence-corrected chi connectivity index (χ1v) is 6.40. The number of aromatic nitrogens is 1. The van der Waals surface area contributed by atoms with Crippen LogP contribution in [0.5, 0.6) is 0 Å². The molecule has 0 saturated carbocycles. The van der Waals surface area contributed by atoms with Crippen LogP contribution in [0.2, 0.25) is 0 Å². The maximum Gasteiger partial charge on any atom is 0.416 e. The van der Waals surface area contributed by atoms with E-state index in [0.717, 1.165) is 18.6 Å². The van der Waals surface area contributed by atoms with Crippen LogP contribution in [0, 0.1) is 5.92 Å². The van der Waals surface area contributed by atoms with E-state index in [9.17, 15) is 13.2 Å². The summed E-state index contributed by atoms with van der Waals surface area (Å²) < 4.78 is 38.4. The molecule has 0 spiro atoms. The zero-order valence-electron chi connectivity index (χ0n) is 11.4. The number of nitrogens with zero attached hydrogens (tertiary/aromatic N) is 1. The zero-order chi connectivity index (χ0) is 14.5. The Hall–Kier alpha value is -1.46. The third kappa shape index (κ3) is 5.36. The second-order valence-electron chi connectivity index (χ2n) is 4.83. The summed E-state index contributed by atoms with van der Waals surface area (Å²) >= 11 is 0. The summed E-state index contributed by atoms with van der Waals surface area (Å²) in [7, 11) is 0. The summed E-state index contributed by atoms with van der Waals surface area (Å²) in [6.07, 6.45) is -3.54. The normalized spacial score (nSPS) is 11.7. The van der Waals surface area contributed by atoms with Crippen LogP contribution < -0.4 is 10.6 Å². The molecule has 0 aliphatic rings. The van der Waals surface area contributed by atoms with Crippen molar-refractivity contribution in [2.24, 2.45) is 5.92 Å². The minimum absolute atomic E-state index is 0.252. The van der Waals surface area contributed by atoms with Gasteiger partial charge in [-0.05, 0) is 24.5 Å². The molecule has 0 fully saturated rings. The molecule has 1 rings (SSSR count). The van der Waals surface area contributed by atoms with Crippen LogP contribution in [-0.4, -0.2) is 18.1 Å². The van der Waals surface area contributed by atoms with Gasteiger partial charge in [0.15, 0.2) is 0 Å². The van der Waals surface area contributed by atoms with Crippen molar-refractivity contribution in [1.29, 1.82) is 0 Å². The van der Waals surface area contributed by atoms with E-state index in [-0.39, 0.29) is 11.6 Å². The molecule has 6 heteroatoms. The summed E-state index contributed by atoms with van der Waals surface area (Å²) in [5.74, 6) is 0.841. The fourth-order valence-electron chi connectivity index (χ4n) is 1.44. The van der Waals surface area contributed by atoms with Crippen molar-refractivity contribution in [3.8, 4) is 0 Å². The van der Waals surface area contributed by atoms with E-state index < -0.39 is 11.7 Å². The van der Waals surface area contributed by atoms with E-state index >= 15 is 0 Å². The number of hydrogen-bond acceptors (Lipinski definition) is 3. The van der Waals surface area contributed by atoms with Gasteiger partial charge in [0.25, 0.3) is 0 Å². The summed E-state index contributed by atoms with van der Waals surface area (Å²) in [4.78, 5) is 4.13. The Morgan fingerprint density at radius 3 is 2.21 bits per heavy atom. The summed E-state index contributed by atoms with van der Waals surface area (Å²) in [5, 5.41) is 5.81. The number of halogens is 3. The van der Waals surface area contributed by atoms with Crippen LogP contribution >= 0.6 is 0 Å². The SMILES string of the molecule is CCCNc1cc(C(F)(F)F)cc(NCC(C)C)n1. The molecule has 0 atom stereocenters. The van der Waals surface area contributed by atoms with E-state index in [1.807, 2.05) is 20.8 Å². The molecule has 1 aromatic rings. The Morgan fingerprint density at radius 1 is 1.16 bits per heavy atom. The topological polar surface area (TPSA) is 37.0 Å². The molecule has 0 unspecified atom stereocenters. The number of rotatable bonds is 6. The molecule has 1 aromatic heterocycles. The average Bonchev–Trinajstić information content (AvgIpc) is 2.32. The van der Waals surface area contributed by atoms with E-state index in [2.05, 4.69) is 15.6 Å². The van der Waals surface area contributed by atoms with Gasteiger partial charge in [-0.15, -0.1) is 0 Å². The Balaban J connectivity index is 2.95. The highest BCUT2D eigenvalue weighted by atomic mass is 19.4. The summed E-state index contributed by atoms with van der Waals surface area (Å²) in [6, 6.07) is 2.08. The highest BCUT2D eigenvalue weighted by Crippen LogP contribution is 2.32. The van der Waals surface area contributed by atoms with Gasteiger partial charge in [0, 0.05) is 13.1 Å². The van der Waals surface area contributed by atoms with E-state index in [0.29, 0.717) is 19.0 Å². The van der Waals surface area contributed by atoms with Crippen molar-refractivity contribution in [3.05, 3.63) is 17.7 Å². The van der Waals surface area contributed by atoms with Crippen LogP contribution in [0.3, 0.4) is 0 Å². The third-order valence-corrected chi connectivity index (χ3v) is 2.40. The number of hydrogen-bond donors (Lipinski definition) is 2. The first-order chi connectivity index (χ1) is 8.82. The van der Waals surface area contributed by atoms with E-state index in [1.54, 1.807) is 0 Å². The van der Waals surface area contributed by atoms with Gasteiger partial charge in [-0.3, -0.25) is 0 Å². The van der Waals surface area contributed by atoms with E-state index in [1.165, 1.54) is 0 Å². The predicted molar refractivity (Wildman–Crippen MR) is 71.3 cm³/mol. The quantitative estimate of drug-likeness (QED) is 0.824. The lowest BCUT2D eigenvalue weighted by Crippen LogP contribution is -2.13. The monoisotopic (exact) mass is 275 g/mol. The number of nitrogens with one attached hydrogen (secondary N) is 2. The van der Waals surface area contributed by atoms with Crippen LogP contribution in [-0.2, 0) is 6.18 Å². The molecule has 2 N–H and O–H groups in total. The Bertz CT molecular complexity index is 403. The highest BCUT2D eigenvalue weighted by Gasteiger charge is 2.31. The standard InChI is InChI=1S/C13H20F3N3/c1-4-5-17-11-6-10(13(14,15)16)7-12(19-11)18-8-9(2)3/h6-7,9H,4-5,8H2,1-3H3,(H2,17,18,19). The zero-order valence-corrected chi connectivity index (χ0v) is 11.4. The highest BCUT2D eigenvalue weighted by molar-refractivity contribution is 5.49. The molecule has 1 heterocycles.